The van der Waals surface area contributed by atoms with Crippen LogP contribution in [0.4, 0.5) is 42.5 Å². The maximum atomic E-state index is 13.1. The Morgan fingerprint density at radius 3 is 1.68 bits per heavy atom. The first kappa shape index (κ1) is 23.7. The second kappa shape index (κ2) is 9.04. The van der Waals surface area contributed by atoms with Gasteiger partial charge in [-0.1, -0.05) is 36.4 Å². The fraction of sp³-hybridized carbons (Fsp3) is 0.240. The number of halogens is 6. The lowest BCUT2D eigenvalue weighted by Crippen LogP contribution is -2.22. The van der Waals surface area contributed by atoms with Crippen molar-refractivity contribution in [1.82, 2.24) is 0 Å². The van der Waals surface area contributed by atoms with Crippen molar-refractivity contribution in [3.05, 3.63) is 94.0 Å². The molecule has 0 radical (unpaired) electrons. The number of carbonyl (C=O) groups excluding carboxylic acids is 1. The molecule has 3 aromatic carbocycles. The van der Waals surface area contributed by atoms with Gasteiger partial charge in [-0.05, 0) is 72.2 Å². The molecule has 0 saturated heterocycles. The van der Waals surface area contributed by atoms with E-state index in [2.05, 4.69) is 34.9 Å². The minimum Gasteiger partial charge on any atom is -0.308 e. The molecule has 34 heavy (non-hydrogen) atoms. The molecule has 4 aliphatic carbocycles. The zero-order valence-corrected chi connectivity index (χ0v) is 17.8. The summed E-state index contributed by atoms with van der Waals surface area (Å²) in [5, 5.41) is 4.72. The lowest BCUT2D eigenvalue weighted by molar-refractivity contribution is -0.143. The molecular formula is C25H20F6N2O. The molecule has 178 valence electrons. The van der Waals surface area contributed by atoms with Crippen molar-refractivity contribution in [2.75, 3.05) is 10.6 Å². The van der Waals surface area contributed by atoms with E-state index in [0.29, 0.717) is 37.1 Å². The van der Waals surface area contributed by atoms with Crippen LogP contribution in [0.15, 0.2) is 60.7 Å². The van der Waals surface area contributed by atoms with Crippen molar-refractivity contribution >= 4 is 17.4 Å². The zero-order valence-electron chi connectivity index (χ0n) is 17.8. The van der Waals surface area contributed by atoms with E-state index in [1.807, 2.05) is 12.1 Å². The highest BCUT2D eigenvalue weighted by molar-refractivity contribution is 6.00. The smallest absolute Gasteiger partial charge is 0.308 e. The van der Waals surface area contributed by atoms with E-state index >= 15 is 0 Å². The van der Waals surface area contributed by atoms with Crippen molar-refractivity contribution in [2.24, 2.45) is 0 Å². The molecule has 0 aliphatic heterocycles. The van der Waals surface area contributed by atoms with Gasteiger partial charge >= 0.3 is 18.4 Å². The average molecular weight is 478 g/mol. The normalized spacial score (nSPS) is 13.8. The molecule has 0 unspecified atom stereocenters. The van der Waals surface area contributed by atoms with Crippen molar-refractivity contribution in [2.45, 2.75) is 38.0 Å². The number of urea groups is 1. The van der Waals surface area contributed by atoms with Crippen LogP contribution in [0.5, 0.6) is 0 Å². The summed E-state index contributed by atoms with van der Waals surface area (Å²) < 4.78 is 78.6. The molecule has 0 aromatic heterocycles. The summed E-state index contributed by atoms with van der Waals surface area (Å²) in [5.74, 6) is 0. The Morgan fingerprint density at radius 1 is 0.618 bits per heavy atom. The number of amides is 2. The molecular weight excluding hydrogens is 458 g/mol. The molecule has 0 fully saturated rings. The Balaban J connectivity index is 1.58. The van der Waals surface area contributed by atoms with Crippen molar-refractivity contribution < 1.29 is 31.1 Å². The quantitative estimate of drug-likeness (QED) is 0.374. The van der Waals surface area contributed by atoms with E-state index in [0.717, 1.165) is 23.1 Å². The van der Waals surface area contributed by atoms with Gasteiger partial charge in [-0.3, -0.25) is 0 Å². The predicted octanol–water partition coefficient (Wildman–Crippen LogP) is 7.25. The van der Waals surface area contributed by atoms with Crippen molar-refractivity contribution in [3.63, 3.8) is 0 Å². The number of alkyl halides is 6. The minimum absolute atomic E-state index is 0.0149. The molecule has 3 nitrogen and oxygen atoms in total. The van der Waals surface area contributed by atoms with Gasteiger partial charge in [0.15, 0.2) is 0 Å². The first-order chi connectivity index (χ1) is 16.0. The fourth-order valence-corrected chi connectivity index (χ4v) is 3.87. The highest BCUT2D eigenvalue weighted by Crippen LogP contribution is 2.37. The number of hydrogen-bond donors (Lipinski definition) is 2. The van der Waals surface area contributed by atoms with E-state index in [-0.39, 0.29) is 6.07 Å². The van der Waals surface area contributed by atoms with Gasteiger partial charge in [0.25, 0.3) is 0 Å². The Kier molecular flexibility index (Phi) is 6.29. The van der Waals surface area contributed by atoms with E-state index < -0.39 is 35.2 Å². The molecule has 4 bridgehead atoms. The first-order valence-corrected chi connectivity index (χ1v) is 10.5. The summed E-state index contributed by atoms with van der Waals surface area (Å²) >= 11 is 0. The molecule has 4 aliphatic rings. The Bertz CT molecular complexity index is 1170. The number of carbonyl (C=O) groups is 1. The van der Waals surface area contributed by atoms with Gasteiger partial charge in [0.05, 0.1) is 11.1 Å². The maximum Gasteiger partial charge on any atom is 0.416 e. The number of nitrogens with one attached hydrogen (secondary N) is 2. The van der Waals surface area contributed by atoms with Crippen LogP contribution in [0.1, 0.15) is 33.4 Å². The summed E-state index contributed by atoms with van der Waals surface area (Å²) in [6.07, 6.45) is -7.21. The highest BCUT2D eigenvalue weighted by atomic mass is 19.4. The van der Waals surface area contributed by atoms with Crippen LogP contribution < -0.4 is 10.6 Å². The molecule has 7 rings (SSSR count). The van der Waals surface area contributed by atoms with Gasteiger partial charge < -0.3 is 10.6 Å². The van der Waals surface area contributed by atoms with Gasteiger partial charge in [0.1, 0.15) is 0 Å². The van der Waals surface area contributed by atoms with Crippen LogP contribution >= 0.6 is 0 Å². The summed E-state index contributed by atoms with van der Waals surface area (Å²) in [6.45, 7) is 0. The highest BCUT2D eigenvalue weighted by Gasteiger charge is 2.37. The van der Waals surface area contributed by atoms with Gasteiger partial charge in [0.2, 0.25) is 0 Å². The first-order valence-electron chi connectivity index (χ1n) is 10.5. The number of benzene rings is 3. The second-order valence-electron chi connectivity index (χ2n) is 8.18. The predicted molar refractivity (Wildman–Crippen MR) is 117 cm³/mol. The van der Waals surface area contributed by atoms with Gasteiger partial charge in [-0.2, -0.15) is 26.3 Å². The van der Waals surface area contributed by atoms with E-state index in [9.17, 15) is 31.1 Å². The van der Waals surface area contributed by atoms with E-state index in [1.165, 1.54) is 5.56 Å². The van der Waals surface area contributed by atoms with Crippen LogP contribution in [0.3, 0.4) is 0 Å². The van der Waals surface area contributed by atoms with E-state index in [4.69, 9.17) is 0 Å². The Morgan fingerprint density at radius 2 is 1.12 bits per heavy atom. The van der Waals surface area contributed by atoms with E-state index in [1.54, 1.807) is 6.07 Å². The zero-order chi connectivity index (χ0) is 24.5. The van der Waals surface area contributed by atoms with Gasteiger partial charge in [0, 0.05) is 11.4 Å². The molecule has 3 aromatic rings. The topological polar surface area (TPSA) is 41.1 Å². The van der Waals surface area contributed by atoms with Crippen LogP contribution in [-0.2, 0) is 38.0 Å². The third-order valence-corrected chi connectivity index (χ3v) is 5.68. The summed E-state index contributed by atoms with van der Waals surface area (Å²) in [4.78, 5) is 12.6. The van der Waals surface area contributed by atoms with Crippen molar-refractivity contribution in [1.29, 1.82) is 0 Å². The van der Waals surface area contributed by atoms with Crippen molar-refractivity contribution in [3.8, 4) is 0 Å². The minimum atomic E-state index is -5.00. The molecule has 9 heteroatoms. The van der Waals surface area contributed by atoms with Crippen LogP contribution in [0.25, 0.3) is 0 Å². The number of anilines is 2. The largest absolute Gasteiger partial charge is 0.416 e. The number of aryl methyl sites for hydroxylation is 4. The summed E-state index contributed by atoms with van der Waals surface area (Å²) in [5.41, 5.74) is 0.907. The standard InChI is InChI=1S/C25H20F6N2O/c26-24(27,28)19-12-20(25(29,30)31)14-21(13-19)32-23(34)33-22-11-17-6-5-15-1-3-16(4-2-15)7-9-18(22)10-8-17/h1-4,8,10-14H,5-7,9H2,(H2,32,33,34). The SMILES string of the molecule is O=C(Nc1cc(C(F)(F)F)cc(C(F)(F)F)c1)Nc1cc2ccc1CCc1ccc(cc1)CC2. The molecule has 0 saturated carbocycles. The summed E-state index contributed by atoms with van der Waals surface area (Å²) in [6, 6.07) is 13.9. The molecule has 0 spiro atoms. The van der Waals surface area contributed by atoms with Gasteiger partial charge in [-0.15, -0.1) is 0 Å². The maximum absolute atomic E-state index is 13.1. The lowest BCUT2D eigenvalue weighted by Gasteiger charge is -2.17. The second-order valence-corrected chi connectivity index (χ2v) is 8.18. The lowest BCUT2D eigenvalue weighted by atomic mass is 9.95. The third-order valence-electron chi connectivity index (χ3n) is 5.68. The van der Waals surface area contributed by atoms with Gasteiger partial charge in [-0.25, -0.2) is 4.79 Å². The monoisotopic (exact) mass is 478 g/mol. The average Bonchev–Trinajstić information content (AvgIpc) is 2.74. The van der Waals surface area contributed by atoms with Crippen LogP contribution in [0.2, 0.25) is 0 Å². The molecule has 0 atom stereocenters. The molecule has 0 heterocycles. The van der Waals surface area contributed by atoms with Crippen LogP contribution in [-0.4, -0.2) is 6.03 Å². The molecule has 2 amide bonds. The third kappa shape index (κ3) is 5.70. The Labute approximate surface area is 191 Å². The molecule has 2 N–H and O–H groups in total. The Hall–Kier alpha value is -3.49. The number of hydrogen-bond acceptors (Lipinski definition) is 1. The fourth-order valence-electron chi connectivity index (χ4n) is 3.87. The van der Waals surface area contributed by atoms with Crippen LogP contribution in [0, 0.1) is 0 Å². The summed E-state index contributed by atoms with van der Waals surface area (Å²) in [7, 11) is 0. The number of rotatable bonds is 2.